The number of benzene rings is 2. The molecule has 0 saturated carbocycles. The second-order valence-electron chi connectivity index (χ2n) is 5.86. The monoisotopic (exact) mass is 382 g/mol. The van der Waals surface area contributed by atoms with Crippen molar-refractivity contribution in [3.05, 3.63) is 68.7 Å². The van der Waals surface area contributed by atoms with E-state index in [1.807, 2.05) is 30.3 Å². The maximum Gasteiger partial charge on any atom is 0.104 e. The second-order valence-corrected chi connectivity index (χ2v) is 7.05. The molecule has 1 fully saturated rings. The van der Waals surface area contributed by atoms with Crippen LogP contribution in [0.4, 0.5) is 0 Å². The molecule has 1 heterocycles. The van der Waals surface area contributed by atoms with Crippen molar-refractivity contribution in [1.82, 2.24) is 5.01 Å². The van der Waals surface area contributed by atoms with Gasteiger partial charge in [-0.2, -0.15) is 5.10 Å². The fourth-order valence-electron chi connectivity index (χ4n) is 2.78. The molecule has 1 N–H and O–H groups in total. The predicted octanol–water partition coefficient (Wildman–Crippen LogP) is 3.38. The van der Waals surface area contributed by atoms with Gasteiger partial charge >= 0.3 is 0 Å². The number of hydrazone groups is 1. The highest BCUT2D eigenvalue weighted by atomic mass is 35.5. The van der Waals surface area contributed by atoms with E-state index in [4.69, 9.17) is 34.8 Å². The number of halogens is 3. The van der Waals surface area contributed by atoms with Crippen molar-refractivity contribution in [2.75, 3.05) is 26.2 Å². The van der Waals surface area contributed by atoms with Crippen LogP contribution in [0, 0.1) is 0 Å². The molecule has 0 atom stereocenters. The summed E-state index contributed by atoms with van der Waals surface area (Å²) in [4.78, 5) is 1.52. The van der Waals surface area contributed by atoms with Gasteiger partial charge in [0.2, 0.25) is 0 Å². The summed E-state index contributed by atoms with van der Waals surface area (Å²) in [5.74, 6) is 0. The lowest BCUT2D eigenvalue weighted by Gasteiger charge is -2.30. The lowest BCUT2D eigenvalue weighted by Crippen LogP contribution is -3.13. The minimum absolute atomic E-state index is 0.547. The van der Waals surface area contributed by atoms with E-state index in [1.54, 1.807) is 12.3 Å². The number of nitrogens with one attached hydrogen (secondary N) is 1. The average Bonchev–Trinajstić information content (AvgIpc) is 2.59. The Balaban J connectivity index is 1.54. The molecule has 3 rings (SSSR count). The van der Waals surface area contributed by atoms with Crippen LogP contribution in [-0.4, -0.2) is 37.4 Å². The van der Waals surface area contributed by atoms with E-state index >= 15 is 0 Å². The Morgan fingerprint density at radius 2 is 1.67 bits per heavy atom. The third-order valence-electron chi connectivity index (χ3n) is 4.19. The fraction of sp³-hybridized carbons (Fsp3) is 0.278. The Morgan fingerprint density at radius 1 is 0.958 bits per heavy atom. The van der Waals surface area contributed by atoms with Crippen molar-refractivity contribution < 1.29 is 4.90 Å². The van der Waals surface area contributed by atoms with Crippen molar-refractivity contribution in [2.24, 2.45) is 5.10 Å². The fourth-order valence-corrected chi connectivity index (χ4v) is 3.34. The number of hydrogen-bond donors (Lipinski definition) is 1. The van der Waals surface area contributed by atoms with E-state index in [2.05, 4.69) is 16.2 Å². The largest absolute Gasteiger partial charge is 0.328 e. The summed E-state index contributed by atoms with van der Waals surface area (Å²) in [6.07, 6.45) is 1.78. The van der Waals surface area contributed by atoms with E-state index in [-0.39, 0.29) is 0 Å². The van der Waals surface area contributed by atoms with Gasteiger partial charge in [0.25, 0.3) is 0 Å². The first-order valence-corrected chi connectivity index (χ1v) is 9.07. The van der Waals surface area contributed by atoms with Crippen molar-refractivity contribution in [1.29, 1.82) is 0 Å². The molecule has 0 bridgehead atoms. The first-order chi connectivity index (χ1) is 11.6. The quantitative estimate of drug-likeness (QED) is 0.802. The summed E-state index contributed by atoms with van der Waals surface area (Å²) >= 11 is 18.5. The van der Waals surface area contributed by atoms with Gasteiger partial charge in [0.1, 0.15) is 6.54 Å². The van der Waals surface area contributed by atoms with Crippen molar-refractivity contribution in [3.63, 3.8) is 0 Å². The van der Waals surface area contributed by atoms with Gasteiger partial charge in [0, 0.05) is 16.1 Å². The third-order valence-corrected chi connectivity index (χ3v) is 5.39. The summed E-state index contributed by atoms with van der Waals surface area (Å²) in [5, 5.41) is 8.56. The molecule has 0 aromatic heterocycles. The zero-order chi connectivity index (χ0) is 16.9. The number of quaternary nitrogens is 1. The van der Waals surface area contributed by atoms with Gasteiger partial charge in [-0.05, 0) is 12.1 Å². The number of hydrogen-bond acceptors (Lipinski definition) is 2. The van der Waals surface area contributed by atoms with E-state index in [1.165, 1.54) is 10.5 Å². The number of piperazine rings is 1. The molecule has 0 amide bonds. The molecule has 0 radical (unpaired) electrons. The smallest absolute Gasteiger partial charge is 0.104 e. The highest BCUT2D eigenvalue weighted by molar-refractivity contribution is 6.43. The van der Waals surface area contributed by atoms with Gasteiger partial charge in [0.15, 0.2) is 0 Å². The molecule has 1 aliphatic rings. The third kappa shape index (κ3) is 4.42. The Bertz CT molecular complexity index is 725. The lowest BCUT2D eigenvalue weighted by atomic mass is 10.2. The van der Waals surface area contributed by atoms with E-state index in [9.17, 15) is 0 Å². The van der Waals surface area contributed by atoms with Crippen LogP contribution >= 0.6 is 34.8 Å². The van der Waals surface area contributed by atoms with E-state index < -0.39 is 0 Å². The van der Waals surface area contributed by atoms with E-state index in [0.29, 0.717) is 10.0 Å². The maximum atomic E-state index is 6.25. The number of nitrogens with zero attached hydrogens (tertiary/aromatic N) is 2. The predicted molar refractivity (Wildman–Crippen MR) is 101 cm³/mol. The molecular formula is C18H19Cl3N3+. The highest BCUT2D eigenvalue weighted by Crippen LogP contribution is 2.24. The molecule has 1 saturated heterocycles. The summed E-state index contributed by atoms with van der Waals surface area (Å²) in [6.45, 7) is 4.85. The first-order valence-electron chi connectivity index (χ1n) is 7.93. The molecule has 0 aliphatic carbocycles. The first kappa shape index (κ1) is 17.6. The Hall–Kier alpha value is -1.26. The second kappa shape index (κ2) is 8.21. The summed E-state index contributed by atoms with van der Waals surface area (Å²) in [7, 11) is 0. The number of rotatable bonds is 4. The summed E-state index contributed by atoms with van der Waals surface area (Å²) in [6, 6.07) is 13.6. The molecule has 1 aliphatic heterocycles. The van der Waals surface area contributed by atoms with Crippen LogP contribution < -0.4 is 4.90 Å². The van der Waals surface area contributed by atoms with Crippen molar-refractivity contribution >= 4 is 41.0 Å². The van der Waals surface area contributed by atoms with Crippen LogP contribution in [0.5, 0.6) is 0 Å². The molecule has 3 nitrogen and oxygen atoms in total. The van der Waals surface area contributed by atoms with Crippen molar-refractivity contribution in [3.8, 4) is 0 Å². The minimum atomic E-state index is 0.547. The maximum absolute atomic E-state index is 6.25. The molecular weight excluding hydrogens is 365 g/mol. The standard InChI is InChI=1S/C18H18Cl3N3/c19-16-6-2-1-4-15(16)13-23-8-10-24(11-9-23)22-12-14-5-3-7-17(20)18(14)21/h1-7,12H,8-11,13H2/p+1/b22-12-. The molecule has 2 aromatic carbocycles. The van der Waals surface area contributed by atoms with Gasteiger partial charge in [-0.25, -0.2) is 0 Å². The Morgan fingerprint density at radius 3 is 2.42 bits per heavy atom. The topological polar surface area (TPSA) is 20.0 Å². The van der Waals surface area contributed by atoms with Crippen LogP contribution in [0.25, 0.3) is 0 Å². The molecule has 0 spiro atoms. The molecule has 126 valence electrons. The van der Waals surface area contributed by atoms with Crippen LogP contribution in [-0.2, 0) is 6.54 Å². The van der Waals surface area contributed by atoms with Crippen LogP contribution in [0.1, 0.15) is 11.1 Å². The highest BCUT2D eigenvalue weighted by Gasteiger charge is 2.19. The van der Waals surface area contributed by atoms with Crippen molar-refractivity contribution in [2.45, 2.75) is 6.54 Å². The van der Waals surface area contributed by atoms with Gasteiger partial charge in [0.05, 0.1) is 42.4 Å². The van der Waals surface area contributed by atoms with Crippen LogP contribution in [0.3, 0.4) is 0 Å². The molecule has 24 heavy (non-hydrogen) atoms. The Kier molecular flexibility index (Phi) is 6.01. The molecule has 6 heteroatoms. The normalized spacial score (nSPS) is 16.0. The minimum Gasteiger partial charge on any atom is -0.328 e. The Labute approximate surface area is 157 Å². The average molecular weight is 384 g/mol. The van der Waals surface area contributed by atoms with Gasteiger partial charge in [-0.3, -0.25) is 5.01 Å². The SMILES string of the molecule is Clc1ccccc1C[NH+]1CCN(/N=C\c2cccc(Cl)c2Cl)CC1. The molecule has 2 aromatic rings. The zero-order valence-corrected chi connectivity index (χ0v) is 15.5. The van der Waals surface area contributed by atoms with Gasteiger partial charge < -0.3 is 4.90 Å². The van der Waals surface area contributed by atoms with Crippen LogP contribution in [0.15, 0.2) is 47.6 Å². The lowest BCUT2D eigenvalue weighted by molar-refractivity contribution is -0.918. The van der Waals surface area contributed by atoms with Gasteiger partial charge in [-0.1, -0.05) is 65.1 Å². The van der Waals surface area contributed by atoms with Crippen LogP contribution in [0.2, 0.25) is 15.1 Å². The molecule has 0 unspecified atom stereocenters. The summed E-state index contributed by atoms with van der Waals surface area (Å²) < 4.78 is 0. The summed E-state index contributed by atoms with van der Waals surface area (Å²) in [5.41, 5.74) is 2.05. The zero-order valence-electron chi connectivity index (χ0n) is 13.2. The van der Waals surface area contributed by atoms with Gasteiger partial charge in [-0.15, -0.1) is 0 Å². The van der Waals surface area contributed by atoms with E-state index in [0.717, 1.165) is 43.3 Å².